The van der Waals surface area contributed by atoms with Gasteiger partial charge in [0, 0.05) is 28.7 Å². The lowest BCUT2D eigenvalue weighted by Crippen LogP contribution is -2.37. The largest absolute Gasteiger partial charge is 0.439 e. The highest BCUT2D eigenvalue weighted by Gasteiger charge is 2.44. The number of alkyl halides is 3. The molecule has 5 nitrogen and oxygen atoms in total. The van der Waals surface area contributed by atoms with Crippen molar-refractivity contribution < 1.29 is 27.5 Å². The minimum Gasteiger partial charge on any atom is -0.439 e. The minimum absolute atomic E-state index is 0.0358. The van der Waals surface area contributed by atoms with Crippen LogP contribution in [0, 0.1) is 0 Å². The van der Waals surface area contributed by atoms with E-state index in [2.05, 4.69) is 20.9 Å². The van der Waals surface area contributed by atoms with Crippen molar-refractivity contribution in [3.8, 4) is 0 Å². The summed E-state index contributed by atoms with van der Waals surface area (Å²) in [6, 6.07) is 10.2. The second-order valence-electron chi connectivity index (χ2n) is 7.60. The molecule has 2 amide bonds. The zero-order valence-electron chi connectivity index (χ0n) is 16.9. The van der Waals surface area contributed by atoms with Crippen LogP contribution in [0.3, 0.4) is 0 Å². The Morgan fingerprint density at radius 3 is 2.69 bits per heavy atom. The molecule has 1 aliphatic rings. The van der Waals surface area contributed by atoms with E-state index in [1.807, 2.05) is 24.3 Å². The molecule has 3 aromatic rings. The van der Waals surface area contributed by atoms with E-state index in [9.17, 15) is 22.8 Å². The third kappa shape index (κ3) is 4.34. The number of hydrogen-bond donors (Lipinski definition) is 0. The zero-order chi connectivity index (χ0) is 23.0. The summed E-state index contributed by atoms with van der Waals surface area (Å²) in [7, 11) is 0. The van der Waals surface area contributed by atoms with Gasteiger partial charge in [-0.15, -0.1) is 0 Å². The van der Waals surface area contributed by atoms with E-state index >= 15 is 0 Å². The topological polar surface area (TPSA) is 59.5 Å². The Morgan fingerprint density at radius 2 is 1.94 bits per heavy atom. The van der Waals surface area contributed by atoms with E-state index in [0.29, 0.717) is 6.42 Å². The summed E-state index contributed by atoms with van der Waals surface area (Å²) in [5.74, 6) is -0.455. The Labute approximate surface area is 190 Å². The Balaban J connectivity index is 1.52. The fourth-order valence-corrected chi connectivity index (χ4v) is 4.43. The van der Waals surface area contributed by atoms with E-state index in [-0.39, 0.29) is 16.5 Å². The minimum atomic E-state index is -4.55. The van der Waals surface area contributed by atoms with Crippen molar-refractivity contribution in [1.82, 2.24) is 9.88 Å². The van der Waals surface area contributed by atoms with Crippen LogP contribution >= 0.6 is 15.9 Å². The molecule has 0 aliphatic carbocycles. The van der Waals surface area contributed by atoms with E-state index < -0.39 is 35.9 Å². The molecule has 0 N–H and O–H groups in total. The first kappa shape index (κ1) is 22.3. The number of imide groups is 1. The smallest absolute Gasteiger partial charge is 0.417 e. The molecule has 1 saturated heterocycles. The number of cyclic esters (lactones) is 1. The quantitative estimate of drug-likeness (QED) is 0.431. The molecule has 2 aromatic carbocycles. The molecule has 0 spiro atoms. The second kappa shape index (κ2) is 8.54. The summed E-state index contributed by atoms with van der Waals surface area (Å²) in [4.78, 5) is 30.5. The molecule has 166 valence electrons. The van der Waals surface area contributed by atoms with Crippen molar-refractivity contribution >= 4 is 38.7 Å². The van der Waals surface area contributed by atoms with Gasteiger partial charge in [0.25, 0.3) is 0 Å². The number of ether oxygens (including phenoxy) is 1. The Kier molecular flexibility index (Phi) is 5.94. The lowest BCUT2D eigenvalue weighted by atomic mass is 10.00. The molecule has 2 heterocycles. The van der Waals surface area contributed by atoms with Gasteiger partial charge in [-0.2, -0.15) is 13.2 Å². The SMILES string of the molecule is C[C@H]1[C@@H](c2cc(Br)cc(C(F)(F)F)c2)OC(=O)N1C(=O)CCc1cncc2ccccc12. The Morgan fingerprint density at radius 1 is 1.19 bits per heavy atom. The van der Waals surface area contributed by atoms with Crippen molar-refractivity contribution in [3.63, 3.8) is 0 Å². The van der Waals surface area contributed by atoms with Crippen LogP contribution in [0.5, 0.6) is 0 Å². The molecule has 0 unspecified atom stereocenters. The van der Waals surface area contributed by atoms with Crippen LogP contribution in [0.15, 0.2) is 59.3 Å². The van der Waals surface area contributed by atoms with Crippen LogP contribution in [0.2, 0.25) is 0 Å². The lowest BCUT2D eigenvalue weighted by molar-refractivity contribution is -0.137. The van der Waals surface area contributed by atoms with Crippen molar-refractivity contribution in [2.75, 3.05) is 0 Å². The van der Waals surface area contributed by atoms with Crippen molar-refractivity contribution in [3.05, 3.63) is 76.0 Å². The van der Waals surface area contributed by atoms with E-state index in [4.69, 9.17) is 4.74 Å². The highest BCUT2D eigenvalue weighted by Crippen LogP contribution is 2.38. The number of rotatable bonds is 4. The van der Waals surface area contributed by atoms with Crippen molar-refractivity contribution in [2.24, 2.45) is 0 Å². The fourth-order valence-electron chi connectivity index (χ4n) is 3.92. The van der Waals surface area contributed by atoms with Crippen LogP contribution in [0.25, 0.3) is 10.8 Å². The number of pyridine rings is 1. The molecule has 4 rings (SSSR count). The van der Waals surface area contributed by atoms with Gasteiger partial charge in [0.2, 0.25) is 5.91 Å². The third-order valence-electron chi connectivity index (χ3n) is 5.47. The van der Waals surface area contributed by atoms with E-state index in [1.54, 1.807) is 19.3 Å². The molecule has 0 bridgehead atoms. The second-order valence-corrected chi connectivity index (χ2v) is 8.52. The van der Waals surface area contributed by atoms with Crippen LogP contribution < -0.4 is 0 Å². The molecule has 0 saturated carbocycles. The first-order chi connectivity index (χ1) is 15.1. The standard InChI is InChI=1S/C23H18BrF3N2O3/c1-13-21(16-8-17(23(25,26)27)10-18(24)9-16)32-22(31)29(13)20(30)7-6-15-12-28-11-14-4-2-3-5-19(14)15/h2-5,8-13,21H,6-7H2,1H3/t13-,21-/m0/s1. The third-order valence-corrected chi connectivity index (χ3v) is 5.93. The number of aryl methyl sites for hydroxylation is 1. The van der Waals surface area contributed by atoms with Crippen LogP contribution in [-0.2, 0) is 22.1 Å². The lowest BCUT2D eigenvalue weighted by Gasteiger charge is -2.20. The maximum Gasteiger partial charge on any atom is 0.417 e. The number of nitrogens with zero attached hydrogens (tertiary/aromatic N) is 2. The molecule has 1 aliphatic heterocycles. The maximum absolute atomic E-state index is 13.2. The van der Waals surface area contributed by atoms with Gasteiger partial charge in [-0.05, 0) is 48.1 Å². The highest BCUT2D eigenvalue weighted by molar-refractivity contribution is 9.10. The van der Waals surface area contributed by atoms with Gasteiger partial charge >= 0.3 is 12.3 Å². The number of carbonyl (C=O) groups excluding carboxylic acids is 2. The number of amides is 2. The highest BCUT2D eigenvalue weighted by atomic mass is 79.9. The fraction of sp³-hybridized carbons (Fsp3) is 0.261. The average Bonchev–Trinajstić information content (AvgIpc) is 3.05. The van der Waals surface area contributed by atoms with Crippen LogP contribution in [0.1, 0.15) is 36.1 Å². The predicted molar refractivity (Wildman–Crippen MR) is 115 cm³/mol. The van der Waals surface area contributed by atoms with Gasteiger partial charge in [-0.3, -0.25) is 9.78 Å². The van der Waals surface area contributed by atoms with Crippen LogP contribution in [0.4, 0.5) is 18.0 Å². The molecule has 1 aromatic heterocycles. The van der Waals surface area contributed by atoms with Gasteiger partial charge in [0.05, 0.1) is 11.6 Å². The van der Waals surface area contributed by atoms with Gasteiger partial charge in [0.15, 0.2) is 0 Å². The predicted octanol–water partition coefficient (Wildman–Crippen LogP) is 6.06. The van der Waals surface area contributed by atoms with Gasteiger partial charge in [-0.25, -0.2) is 9.69 Å². The number of carbonyl (C=O) groups is 2. The molecular formula is C23H18BrF3N2O3. The monoisotopic (exact) mass is 506 g/mol. The number of benzene rings is 2. The summed E-state index contributed by atoms with van der Waals surface area (Å²) in [5.41, 5.74) is 0.175. The van der Waals surface area contributed by atoms with E-state index in [0.717, 1.165) is 33.4 Å². The Hall–Kier alpha value is -2.94. The van der Waals surface area contributed by atoms with Crippen molar-refractivity contribution in [1.29, 1.82) is 0 Å². The first-order valence-corrected chi connectivity index (χ1v) is 10.7. The summed E-state index contributed by atoms with van der Waals surface area (Å²) < 4.78 is 45.1. The molecule has 9 heteroatoms. The number of aromatic nitrogens is 1. The number of hydrogen-bond acceptors (Lipinski definition) is 4. The van der Waals surface area contributed by atoms with Gasteiger partial charge in [-0.1, -0.05) is 40.2 Å². The molecular weight excluding hydrogens is 489 g/mol. The van der Waals surface area contributed by atoms with Gasteiger partial charge in [0.1, 0.15) is 6.10 Å². The normalized spacial score (nSPS) is 18.8. The molecule has 0 radical (unpaired) electrons. The number of fused-ring (bicyclic) bond motifs is 1. The van der Waals surface area contributed by atoms with E-state index in [1.165, 1.54) is 6.07 Å². The molecule has 1 fully saturated rings. The zero-order valence-corrected chi connectivity index (χ0v) is 18.5. The summed E-state index contributed by atoms with van der Waals surface area (Å²) in [6.07, 6.45) is -2.59. The summed E-state index contributed by atoms with van der Waals surface area (Å²) in [6.45, 7) is 1.58. The number of halogens is 4. The van der Waals surface area contributed by atoms with Crippen molar-refractivity contribution in [2.45, 2.75) is 38.1 Å². The maximum atomic E-state index is 13.2. The Bertz CT molecular complexity index is 1190. The molecule has 2 atom stereocenters. The summed E-state index contributed by atoms with van der Waals surface area (Å²) >= 11 is 3.08. The average molecular weight is 507 g/mol. The van der Waals surface area contributed by atoms with Crippen LogP contribution in [-0.4, -0.2) is 27.9 Å². The summed E-state index contributed by atoms with van der Waals surface area (Å²) in [5, 5.41) is 1.92. The van der Waals surface area contributed by atoms with Gasteiger partial charge < -0.3 is 4.74 Å². The first-order valence-electron chi connectivity index (χ1n) is 9.87. The molecule has 32 heavy (non-hydrogen) atoms.